The molecule has 2 aromatic carbocycles. The summed E-state index contributed by atoms with van der Waals surface area (Å²) in [4.78, 5) is 10.0. The number of rotatable bonds is 4. The van der Waals surface area contributed by atoms with Gasteiger partial charge in [0.1, 0.15) is 5.82 Å². The first-order valence-electron chi connectivity index (χ1n) is 6.88. The molecule has 0 aliphatic carbocycles. The van der Waals surface area contributed by atoms with E-state index >= 15 is 0 Å². The summed E-state index contributed by atoms with van der Waals surface area (Å²) in [5.74, 6) is -0.377. The maximum absolute atomic E-state index is 14.0. The van der Waals surface area contributed by atoms with Crippen LogP contribution in [0, 0.1) is 15.9 Å². The number of aromatic nitrogens is 1. The summed E-state index contributed by atoms with van der Waals surface area (Å²) < 4.78 is 15.8. The van der Waals surface area contributed by atoms with Crippen LogP contribution in [0.4, 0.5) is 4.39 Å². The standard InChI is InChI=1S/C17H12ClFN2O2/c18-15-5-3-6-16(19)14(15)11-20-10-12(8-9-21(22)23)13-4-1-2-7-17(13)20/h1-10H,11H2/b9-8+. The summed E-state index contributed by atoms with van der Waals surface area (Å²) in [5.41, 5.74) is 1.94. The number of hydrogen-bond donors (Lipinski definition) is 0. The highest BCUT2D eigenvalue weighted by atomic mass is 35.5. The summed E-state index contributed by atoms with van der Waals surface area (Å²) in [6.45, 7) is 0.248. The molecule has 1 aromatic heterocycles. The molecule has 0 atom stereocenters. The lowest BCUT2D eigenvalue weighted by molar-refractivity contribution is -0.400. The van der Waals surface area contributed by atoms with E-state index in [4.69, 9.17) is 11.6 Å². The van der Waals surface area contributed by atoms with Gasteiger partial charge in [0, 0.05) is 39.3 Å². The number of nitro groups is 1. The summed E-state index contributed by atoms with van der Waals surface area (Å²) >= 11 is 6.08. The molecule has 0 fully saturated rings. The van der Waals surface area contributed by atoms with Crippen LogP contribution in [0.3, 0.4) is 0 Å². The molecule has 0 aliphatic rings. The van der Waals surface area contributed by atoms with Crippen molar-refractivity contribution in [3.8, 4) is 0 Å². The molecule has 0 saturated carbocycles. The van der Waals surface area contributed by atoms with Crippen LogP contribution >= 0.6 is 11.6 Å². The van der Waals surface area contributed by atoms with Crippen LogP contribution in [0.5, 0.6) is 0 Å². The van der Waals surface area contributed by atoms with Crippen LogP contribution in [-0.2, 0) is 6.54 Å². The van der Waals surface area contributed by atoms with Crippen molar-refractivity contribution in [2.24, 2.45) is 0 Å². The second-order valence-electron chi connectivity index (χ2n) is 5.03. The molecule has 6 heteroatoms. The number of halogens is 2. The van der Waals surface area contributed by atoms with Gasteiger partial charge in [-0.2, -0.15) is 0 Å². The summed E-state index contributed by atoms with van der Waals surface area (Å²) in [6.07, 6.45) is 4.08. The Balaban J connectivity index is 2.09. The van der Waals surface area contributed by atoms with E-state index < -0.39 is 4.92 Å². The highest BCUT2D eigenvalue weighted by Crippen LogP contribution is 2.26. The minimum absolute atomic E-state index is 0.248. The number of nitrogens with zero attached hydrogens (tertiary/aromatic N) is 2. The first-order chi connectivity index (χ1) is 11.1. The quantitative estimate of drug-likeness (QED) is 0.513. The Bertz CT molecular complexity index is 898. The number of para-hydroxylation sites is 1. The Labute approximate surface area is 136 Å². The summed E-state index contributed by atoms with van der Waals surface area (Å²) in [6, 6.07) is 12.0. The Hall–Kier alpha value is -2.66. The van der Waals surface area contributed by atoms with E-state index in [0.717, 1.165) is 17.1 Å². The maximum atomic E-state index is 14.0. The molecule has 3 rings (SSSR count). The lowest BCUT2D eigenvalue weighted by Gasteiger charge is -2.08. The molecule has 0 aliphatic heterocycles. The van der Waals surface area contributed by atoms with Crippen LogP contribution in [-0.4, -0.2) is 9.49 Å². The summed E-state index contributed by atoms with van der Waals surface area (Å²) in [7, 11) is 0. The Kier molecular flexibility index (Phi) is 4.12. The van der Waals surface area contributed by atoms with Gasteiger partial charge in [0.05, 0.1) is 11.5 Å². The topological polar surface area (TPSA) is 48.1 Å². The normalized spacial score (nSPS) is 11.4. The molecule has 4 nitrogen and oxygen atoms in total. The SMILES string of the molecule is O=[N+]([O-])/C=C/c1cn(Cc2c(F)cccc2Cl)c2ccccc12. The van der Waals surface area contributed by atoms with Crippen molar-refractivity contribution in [1.82, 2.24) is 4.57 Å². The van der Waals surface area contributed by atoms with Gasteiger partial charge < -0.3 is 4.57 Å². The van der Waals surface area contributed by atoms with Gasteiger partial charge in [-0.1, -0.05) is 35.9 Å². The average molecular weight is 331 g/mol. The zero-order valence-electron chi connectivity index (χ0n) is 11.9. The lowest BCUT2D eigenvalue weighted by atomic mass is 10.2. The predicted molar refractivity (Wildman–Crippen MR) is 88.5 cm³/mol. The van der Waals surface area contributed by atoms with Crippen LogP contribution in [0.1, 0.15) is 11.1 Å². The third-order valence-electron chi connectivity index (χ3n) is 3.59. The van der Waals surface area contributed by atoms with Gasteiger partial charge in [-0.3, -0.25) is 10.1 Å². The van der Waals surface area contributed by atoms with Crippen molar-refractivity contribution >= 4 is 28.6 Å². The molecule has 0 N–H and O–H groups in total. The summed E-state index contributed by atoms with van der Waals surface area (Å²) in [5, 5.41) is 11.8. The van der Waals surface area contributed by atoms with Gasteiger partial charge in [0.15, 0.2) is 0 Å². The highest BCUT2D eigenvalue weighted by molar-refractivity contribution is 6.31. The number of benzene rings is 2. The van der Waals surface area contributed by atoms with Crippen LogP contribution in [0.2, 0.25) is 5.02 Å². The van der Waals surface area contributed by atoms with Gasteiger partial charge in [-0.15, -0.1) is 0 Å². The number of hydrogen-bond acceptors (Lipinski definition) is 2. The van der Waals surface area contributed by atoms with Crippen molar-refractivity contribution < 1.29 is 9.31 Å². The Morgan fingerprint density at radius 1 is 1.22 bits per heavy atom. The van der Waals surface area contributed by atoms with Gasteiger partial charge in [0.25, 0.3) is 0 Å². The molecule has 0 saturated heterocycles. The van der Waals surface area contributed by atoms with E-state index in [1.165, 1.54) is 12.1 Å². The molecule has 0 unspecified atom stereocenters. The van der Waals surface area contributed by atoms with E-state index in [1.54, 1.807) is 18.3 Å². The molecule has 1 heterocycles. The lowest BCUT2D eigenvalue weighted by Crippen LogP contribution is -2.01. The van der Waals surface area contributed by atoms with Crippen molar-refractivity contribution in [2.45, 2.75) is 6.54 Å². The third kappa shape index (κ3) is 3.10. The fourth-order valence-corrected chi connectivity index (χ4v) is 2.76. The molecular formula is C17H12ClFN2O2. The Morgan fingerprint density at radius 3 is 2.74 bits per heavy atom. The highest BCUT2D eigenvalue weighted by Gasteiger charge is 2.11. The fourth-order valence-electron chi connectivity index (χ4n) is 2.53. The van der Waals surface area contributed by atoms with Crippen molar-refractivity contribution in [1.29, 1.82) is 0 Å². The van der Waals surface area contributed by atoms with Gasteiger partial charge in [-0.05, 0) is 18.2 Å². The largest absolute Gasteiger partial charge is 0.342 e. The molecule has 3 aromatic rings. The molecule has 23 heavy (non-hydrogen) atoms. The minimum Gasteiger partial charge on any atom is -0.342 e. The predicted octanol–water partition coefficient (Wildman–Crippen LogP) is 4.73. The molecule has 116 valence electrons. The molecule has 0 amide bonds. The molecule has 0 radical (unpaired) electrons. The van der Waals surface area contributed by atoms with Gasteiger partial charge >= 0.3 is 0 Å². The fraction of sp³-hybridized carbons (Fsp3) is 0.0588. The van der Waals surface area contributed by atoms with Crippen LogP contribution < -0.4 is 0 Å². The number of fused-ring (bicyclic) bond motifs is 1. The van der Waals surface area contributed by atoms with Crippen molar-refractivity contribution in [3.63, 3.8) is 0 Å². The zero-order valence-corrected chi connectivity index (χ0v) is 12.7. The maximum Gasteiger partial charge on any atom is 0.235 e. The smallest absolute Gasteiger partial charge is 0.235 e. The van der Waals surface area contributed by atoms with E-state index in [2.05, 4.69) is 0 Å². The molecule has 0 bridgehead atoms. The van der Waals surface area contributed by atoms with E-state index in [0.29, 0.717) is 16.1 Å². The zero-order chi connectivity index (χ0) is 16.4. The third-order valence-corrected chi connectivity index (χ3v) is 3.94. The van der Waals surface area contributed by atoms with Crippen LogP contribution in [0.15, 0.2) is 54.9 Å². The van der Waals surface area contributed by atoms with E-state index in [-0.39, 0.29) is 12.4 Å². The molecule has 0 spiro atoms. The second kappa shape index (κ2) is 6.22. The van der Waals surface area contributed by atoms with Gasteiger partial charge in [-0.25, -0.2) is 4.39 Å². The average Bonchev–Trinajstić information content (AvgIpc) is 2.87. The Morgan fingerprint density at radius 2 is 2.00 bits per heavy atom. The van der Waals surface area contributed by atoms with Crippen LogP contribution in [0.25, 0.3) is 17.0 Å². The van der Waals surface area contributed by atoms with Crippen molar-refractivity contribution in [3.05, 3.63) is 86.9 Å². The van der Waals surface area contributed by atoms with E-state index in [9.17, 15) is 14.5 Å². The second-order valence-corrected chi connectivity index (χ2v) is 5.44. The van der Waals surface area contributed by atoms with Crippen molar-refractivity contribution in [2.75, 3.05) is 0 Å². The van der Waals surface area contributed by atoms with E-state index in [1.807, 2.05) is 28.8 Å². The first kappa shape index (κ1) is 15.2. The molecular weight excluding hydrogens is 319 g/mol. The monoisotopic (exact) mass is 330 g/mol. The minimum atomic E-state index is -0.514. The first-order valence-corrected chi connectivity index (χ1v) is 7.26. The van der Waals surface area contributed by atoms with Gasteiger partial charge in [0.2, 0.25) is 6.20 Å².